The SMILES string of the molecule is CS(=O)(=O)NCC[C@H]1CN(C2CCC2)Cc2ccnn21. The minimum atomic E-state index is -3.11. The molecule has 3 rings (SSSR count). The van der Waals surface area contributed by atoms with Crippen LogP contribution < -0.4 is 4.72 Å². The normalized spacial score (nSPS) is 24.4. The summed E-state index contributed by atoms with van der Waals surface area (Å²) in [5.74, 6) is 0. The lowest BCUT2D eigenvalue weighted by Crippen LogP contribution is -2.47. The first-order valence-electron chi connectivity index (χ1n) is 7.24. The van der Waals surface area contributed by atoms with E-state index < -0.39 is 10.0 Å². The number of fused-ring (bicyclic) bond motifs is 1. The summed E-state index contributed by atoms with van der Waals surface area (Å²) in [6.07, 6.45) is 7.75. The molecule has 1 aromatic heterocycles. The van der Waals surface area contributed by atoms with E-state index in [0.29, 0.717) is 12.6 Å². The van der Waals surface area contributed by atoms with Crippen molar-refractivity contribution in [2.24, 2.45) is 0 Å². The molecule has 1 fully saturated rings. The lowest BCUT2D eigenvalue weighted by Gasteiger charge is -2.42. The molecule has 0 spiro atoms. The van der Waals surface area contributed by atoms with Crippen molar-refractivity contribution in [1.82, 2.24) is 19.4 Å². The Kier molecular flexibility index (Phi) is 3.83. The topological polar surface area (TPSA) is 67.2 Å². The van der Waals surface area contributed by atoms with Gasteiger partial charge in [-0.2, -0.15) is 5.10 Å². The van der Waals surface area contributed by atoms with Gasteiger partial charge in [0.15, 0.2) is 0 Å². The molecule has 0 amide bonds. The maximum Gasteiger partial charge on any atom is 0.208 e. The monoisotopic (exact) mass is 298 g/mol. The average molecular weight is 298 g/mol. The average Bonchev–Trinajstić information content (AvgIpc) is 2.73. The molecule has 1 aliphatic carbocycles. The van der Waals surface area contributed by atoms with Gasteiger partial charge in [0.25, 0.3) is 0 Å². The molecule has 1 aromatic rings. The van der Waals surface area contributed by atoms with Crippen molar-refractivity contribution in [3.05, 3.63) is 18.0 Å². The number of hydrogen-bond acceptors (Lipinski definition) is 4. The van der Waals surface area contributed by atoms with Crippen LogP contribution >= 0.6 is 0 Å². The largest absolute Gasteiger partial charge is 0.292 e. The van der Waals surface area contributed by atoms with Crippen molar-refractivity contribution >= 4 is 10.0 Å². The second kappa shape index (κ2) is 5.46. The highest BCUT2D eigenvalue weighted by Crippen LogP contribution is 2.31. The zero-order chi connectivity index (χ0) is 14.2. The molecule has 1 atom stereocenters. The predicted octanol–water partition coefficient (Wildman–Crippen LogP) is 0.732. The van der Waals surface area contributed by atoms with Crippen molar-refractivity contribution < 1.29 is 8.42 Å². The van der Waals surface area contributed by atoms with Gasteiger partial charge in [0.05, 0.1) is 18.0 Å². The van der Waals surface area contributed by atoms with Gasteiger partial charge < -0.3 is 0 Å². The number of nitrogens with one attached hydrogen (secondary N) is 1. The summed E-state index contributed by atoms with van der Waals surface area (Å²) in [5, 5.41) is 4.40. The van der Waals surface area contributed by atoms with Crippen molar-refractivity contribution in [1.29, 1.82) is 0 Å². The predicted molar refractivity (Wildman–Crippen MR) is 76.8 cm³/mol. The van der Waals surface area contributed by atoms with E-state index in [9.17, 15) is 8.42 Å². The molecule has 20 heavy (non-hydrogen) atoms. The standard InChI is InChI=1S/C13H22N4O2S/c1-20(18,19)15-8-6-13-10-16(11-3-2-4-11)9-12-5-7-14-17(12)13/h5,7,11,13,15H,2-4,6,8-10H2,1H3/t13-/m0/s1. The molecule has 0 aromatic carbocycles. The highest BCUT2D eigenvalue weighted by Gasteiger charge is 2.32. The van der Waals surface area contributed by atoms with Crippen LogP contribution in [0.5, 0.6) is 0 Å². The Labute approximate surface area is 120 Å². The number of hydrogen-bond donors (Lipinski definition) is 1. The Hall–Kier alpha value is -0.920. The Morgan fingerprint density at radius 2 is 2.25 bits per heavy atom. The molecule has 1 N–H and O–H groups in total. The summed E-state index contributed by atoms with van der Waals surface area (Å²) in [7, 11) is -3.11. The first kappa shape index (κ1) is 14.0. The van der Waals surface area contributed by atoms with Gasteiger partial charge in [-0.25, -0.2) is 13.1 Å². The number of rotatable bonds is 5. The Bertz CT molecular complexity index is 565. The second-order valence-electron chi connectivity index (χ2n) is 5.89. The minimum Gasteiger partial charge on any atom is -0.292 e. The van der Waals surface area contributed by atoms with Crippen molar-refractivity contribution in [2.45, 2.75) is 44.3 Å². The maximum absolute atomic E-state index is 11.2. The highest BCUT2D eigenvalue weighted by atomic mass is 32.2. The van der Waals surface area contributed by atoms with Crippen LogP contribution in [0.25, 0.3) is 0 Å². The first-order valence-corrected chi connectivity index (χ1v) is 9.13. The summed E-state index contributed by atoms with van der Waals surface area (Å²) >= 11 is 0. The fourth-order valence-corrected chi connectivity index (χ4v) is 3.56. The van der Waals surface area contributed by atoms with Crippen LogP contribution in [-0.2, 0) is 16.6 Å². The number of aromatic nitrogens is 2. The molecule has 1 saturated carbocycles. The van der Waals surface area contributed by atoms with Crippen molar-refractivity contribution in [3.63, 3.8) is 0 Å². The van der Waals surface area contributed by atoms with E-state index in [1.807, 2.05) is 6.20 Å². The first-order chi connectivity index (χ1) is 9.53. The van der Waals surface area contributed by atoms with Crippen molar-refractivity contribution in [3.8, 4) is 0 Å². The third-order valence-electron chi connectivity index (χ3n) is 4.34. The zero-order valence-electron chi connectivity index (χ0n) is 11.8. The molecule has 0 saturated heterocycles. The van der Waals surface area contributed by atoms with Gasteiger partial charge >= 0.3 is 0 Å². The minimum absolute atomic E-state index is 0.267. The number of nitrogens with zero attached hydrogens (tertiary/aromatic N) is 3. The summed E-state index contributed by atoms with van der Waals surface area (Å²) < 4.78 is 27.0. The molecule has 6 nitrogen and oxygen atoms in total. The molecule has 2 heterocycles. The van der Waals surface area contributed by atoms with Crippen LogP contribution in [0.4, 0.5) is 0 Å². The van der Waals surface area contributed by atoms with Gasteiger partial charge in [-0.1, -0.05) is 6.42 Å². The van der Waals surface area contributed by atoms with Gasteiger partial charge in [0.2, 0.25) is 10.0 Å². The number of sulfonamides is 1. The maximum atomic E-state index is 11.2. The molecule has 2 aliphatic rings. The lowest BCUT2D eigenvalue weighted by molar-refractivity contribution is 0.0733. The fourth-order valence-electron chi connectivity index (χ4n) is 3.07. The molecule has 0 unspecified atom stereocenters. The Balaban J connectivity index is 1.66. The summed E-state index contributed by atoms with van der Waals surface area (Å²) in [4.78, 5) is 2.53. The van der Waals surface area contributed by atoms with Crippen molar-refractivity contribution in [2.75, 3.05) is 19.3 Å². The van der Waals surface area contributed by atoms with E-state index in [4.69, 9.17) is 0 Å². The quantitative estimate of drug-likeness (QED) is 0.870. The van der Waals surface area contributed by atoms with Gasteiger partial charge in [-0.05, 0) is 25.3 Å². The molecular weight excluding hydrogens is 276 g/mol. The van der Waals surface area contributed by atoms with Crippen LogP contribution in [0.3, 0.4) is 0 Å². The highest BCUT2D eigenvalue weighted by molar-refractivity contribution is 7.88. The van der Waals surface area contributed by atoms with E-state index in [1.54, 1.807) is 0 Å². The van der Waals surface area contributed by atoms with Crippen LogP contribution in [0.1, 0.15) is 37.4 Å². The van der Waals surface area contributed by atoms with Gasteiger partial charge in [-0.3, -0.25) is 9.58 Å². The Morgan fingerprint density at radius 1 is 1.45 bits per heavy atom. The van der Waals surface area contributed by atoms with Gasteiger partial charge in [0, 0.05) is 31.9 Å². The van der Waals surface area contributed by atoms with E-state index in [2.05, 4.69) is 25.5 Å². The van der Waals surface area contributed by atoms with Crippen LogP contribution in [0.2, 0.25) is 0 Å². The third-order valence-corrected chi connectivity index (χ3v) is 5.07. The van der Waals surface area contributed by atoms with Crippen LogP contribution in [-0.4, -0.2) is 48.5 Å². The van der Waals surface area contributed by atoms with Crippen LogP contribution in [0.15, 0.2) is 12.3 Å². The second-order valence-corrected chi connectivity index (χ2v) is 7.72. The summed E-state index contributed by atoms with van der Waals surface area (Å²) in [6.45, 7) is 2.42. The van der Waals surface area contributed by atoms with E-state index in [0.717, 1.165) is 19.5 Å². The smallest absolute Gasteiger partial charge is 0.208 e. The molecule has 7 heteroatoms. The van der Waals surface area contributed by atoms with Gasteiger partial charge in [-0.15, -0.1) is 0 Å². The molecule has 0 bridgehead atoms. The molecular formula is C13H22N4O2S. The molecule has 0 radical (unpaired) electrons. The lowest BCUT2D eigenvalue weighted by atomic mass is 9.90. The van der Waals surface area contributed by atoms with E-state index in [-0.39, 0.29) is 6.04 Å². The van der Waals surface area contributed by atoms with E-state index in [1.165, 1.54) is 31.2 Å². The van der Waals surface area contributed by atoms with Crippen LogP contribution in [0, 0.1) is 0 Å². The summed E-state index contributed by atoms with van der Waals surface area (Å²) in [5.41, 5.74) is 1.24. The molecule has 112 valence electrons. The van der Waals surface area contributed by atoms with E-state index >= 15 is 0 Å². The van der Waals surface area contributed by atoms with Gasteiger partial charge in [0.1, 0.15) is 0 Å². The fraction of sp³-hybridized carbons (Fsp3) is 0.769. The molecule has 1 aliphatic heterocycles. The zero-order valence-corrected chi connectivity index (χ0v) is 12.6. The summed E-state index contributed by atoms with van der Waals surface area (Å²) in [6, 6.07) is 3.05. The Morgan fingerprint density at radius 3 is 2.90 bits per heavy atom. The third kappa shape index (κ3) is 3.05.